The van der Waals surface area contributed by atoms with E-state index in [1.54, 1.807) is 19.0 Å². The average Bonchev–Trinajstić information content (AvgIpc) is 2.90. The van der Waals surface area contributed by atoms with Crippen molar-refractivity contribution in [3.63, 3.8) is 0 Å². The molecule has 0 spiro atoms. The predicted octanol–water partition coefficient (Wildman–Crippen LogP) is 2.11. The number of nitrogens with one attached hydrogen (secondary N) is 1. The van der Waals surface area contributed by atoms with Crippen molar-refractivity contribution in [2.45, 2.75) is 19.8 Å². The summed E-state index contributed by atoms with van der Waals surface area (Å²) in [6.45, 7) is 4.33. The normalized spacial score (nSPS) is 13.4. The van der Waals surface area contributed by atoms with Gasteiger partial charge in [0.15, 0.2) is 5.96 Å². The van der Waals surface area contributed by atoms with Gasteiger partial charge >= 0.3 is 0 Å². The number of rotatable bonds is 4. The molecule has 0 bridgehead atoms. The molecule has 0 unspecified atom stereocenters. The Morgan fingerprint density at radius 3 is 2.77 bits per heavy atom. The molecule has 5 nitrogen and oxygen atoms in total. The Hall–Kier alpha value is -1.31. The lowest BCUT2D eigenvalue weighted by Gasteiger charge is -2.22. The van der Waals surface area contributed by atoms with E-state index in [1.807, 2.05) is 0 Å². The maximum Gasteiger partial charge on any atom is 0.223 e. The van der Waals surface area contributed by atoms with Gasteiger partial charge in [-0.3, -0.25) is 9.79 Å². The summed E-state index contributed by atoms with van der Waals surface area (Å²) in [5, 5.41) is 3.32. The first-order valence-electron chi connectivity index (χ1n) is 7.47. The number of hydrogen-bond acceptors (Lipinski definition) is 2. The van der Waals surface area contributed by atoms with Crippen LogP contribution in [0, 0.1) is 0 Å². The first-order valence-corrected chi connectivity index (χ1v) is 7.47. The zero-order chi connectivity index (χ0) is 15.2. The number of fused-ring (bicyclic) bond motifs is 1. The molecule has 0 aliphatic carbocycles. The molecular formula is C16H25IN4O. The van der Waals surface area contributed by atoms with E-state index in [0.717, 1.165) is 25.5 Å². The molecule has 1 heterocycles. The number of anilines is 1. The van der Waals surface area contributed by atoms with Crippen LogP contribution >= 0.6 is 24.0 Å². The van der Waals surface area contributed by atoms with E-state index in [9.17, 15) is 4.79 Å². The lowest BCUT2D eigenvalue weighted by Crippen LogP contribution is -2.40. The topological polar surface area (TPSA) is 47.9 Å². The van der Waals surface area contributed by atoms with Crippen molar-refractivity contribution in [1.82, 2.24) is 10.2 Å². The third-order valence-corrected chi connectivity index (χ3v) is 3.56. The highest BCUT2D eigenvalue weighted by Crippen LogP contribution is 2.27. The second-order valence-electron chi connectivity index (χ2n) is 5.30. The Kier molecular flexibility index (Phi) is 7.64. The molecule has 0 saturated carbocycles. The average molecular weight is 416 g/mol. The third kappa shape index (κ3) is 4.59. The summed E-state index contributed by atoms with van der Waals surface area (Å²) in [4.78, 5) is 20.0. The monoisotopic (exact) mass is 416 g/mol. The van der Waals surface area contributed by atoms with Crippen molar-refractivity contribution < 1.29 is 4.79 Å². The first kappa shape index (κ1) is 18.7. The second-order valence-corrected chi connectivity index (χ2v) is 5.30. The molecule has 1 aliphatic rings. The number of amides is 1. The van der Waals surface area contributed by atoms with Gasteiger partial charge in [0, 0.05) is 39.3 Å². The Bertz CT molecular complexity index is 531. The lowest BCUT2D eigenvalue weighted by atomic mass is 10.2. The van der Waals surface area contributed by atoms with E-state index < -0.39 is 0 Å². The minimum atomic E-state index is 0. The van der Waals surface area contributed by atoms with Crippen LogP contribution < -0.4 is 10.2 Å². The number of carbonyl (C=O) groups excluding carboxylic acids is 1. The summed E-state index contributed by atoms with van der Waals surface area (Å²) >= 11 is 0. The number of aliphatic imine (C=N–C) groups is 1. The fourth-order valence-corrected chi connectivity index (χ4v) is 2.43. The van der Waals surface area contributed by atoms with E-state index in [0.29, 0.717) is 13.0 Å². The third-order valence-electron chi connectivity index (χ3n) is 3.56. The molecule has 2 rings (SSSR count). The summed E-state index contributed by atoms with van der Waals surface area (Å²) < 4.78 is 0. The van der Waals surface area contributed by atoms with E-state index in [4.69, 9.17) is 0 Å². The molecule has 0 radical (unpaired) electrons. The molecule has 6 heteroatoms. The number of carbonyl (C=O) groups is 1. The van der Waals surface area contributed by atoms with Crippen LogP contribution in [-0.4, -0.2) is 50.5 Å². The highest BCUT2D eigenvalue weighted by Gasteiger charge is 2.22. The molecule has 1 aliphatic heterocycles. The van der Waals surface area contributed by atoms with Gasteiger partial charge < -0.3 is 15.1 Å². The van der Waals surface area contributed by atoms with Gasteiger partial charge in [0.1, 0.15) is 0 Å². The number of para-hydroxylation sites is 1. The number of hydrogen-bond donors (Lipinski definition) is 1. The number of benzene rings is 1. The summed E-state index contributed by atoms with van der Waals surface area (Å²) in [5.41, 5.74) is 2.57. The lowest BCUT2D eigenvalue weighted by molar-refractivity contribution is -0.128. The highest BCUT2D eigenvalue weighted by molar-refractivity contribution is 14.0. The second kappa shape index (κ2) is 8.97. The molecule has 1 aromatic carbocycles. The standard InChI is InChI=1S/C16H24N4O.HI/c1-4-17-16(18-11-9-15(21)19(2)3)20-12-10-13-7-5-6-8-14(13)20;/h5-8H,4,9-12H2,1-3H3,(H,17,18);1H. The molecule has 122 valence electrons. The van der Waals surface area contributed by atoms with Gasteiger partial charge in [-0.2, -0.15) is 0 Å². The van der Waals surface area contributed by atoms with Crippen molar-refractivity contribution in [3.8, 4) is 0 Å². The van der Waals surface area contributed by atoms with Crippen LogP contribution in [0.1, 0.15) is 18.9 Å². The Balaban J connectivity index is 0.00000242. The summed E-state index contributed by atoms with van der Waals surface area (Å²) in [6.07, 6.45) is 1.48. The van der Waals surface area contributed by atoms with Crippen LogP contribution in [0.2, 0.25) is 0 Å². The fourth-order valence-electron chi connectivity index (χ4n) is 2.43. The maximum absolute atomic E-state index is 11.6. The molecule has 0 atom stereocenters. The summed E-state index contributed by atoms with van der Waals surface area (Å²) in [6, 6.07) is 8.41. The Labute approximate surface area is 149 Å². The molecular weight excluding hydrogens is 391 g/mol. The van der Waals surface area contributed by atoms with Crippen LogP contribution in [0.25, 0.3) is 0 Å². The van der Waals surface area contributed by atoms with Gasteiger partial charge in [0.2, 0.25) is 5.91 Å². The van der Waals surface area contributed by atoms with Crippen LogP contribution in [0.4, 0.5) is 5.69 Å². The quantitative estimate of drug-likeness (QED) is 0.465. The van der Waals surface area contributed by atoms with Crippen molar-refractivity contribution in [3.05, 3.63) is 29.8 Å². The summed E-state index contributed by atoms with van der Waals surface area (Å²) in [5.74, 6) is 0.977. The molecule has 1 aromatic rings. The van der Waals surface area contributed by atoms with Crippen LogP contribution in [0.3, 0.4) is 0 Å². The Morgan fingerprint density at radius 2 is 2.09 bits per heavy atom. The molecule has 1 amide bonds. The molecule has 0 saturated heterocycles. The van der Waals surface area contributed by atoms with Crippen molar-refractivity contribution in [2.24, 2.45) is 4.99 Å². The minimum absolute atomic E-state index is 0. The smallest absolute Gasteiger partial charge is 0.223 e. The molecule has 0 aromatic heterocycles. The molecule has 22 heavy (non-hydrogen) atoms. The van der Waals surface area contributed by atoms with Crippen LogP contribution in [0.5, 0.6) is 0 Å². The van der Waals surface area contributed by atoms with Gasteiger partial charge in [-0.1, -0.05) is 18.2 Å². The van der Waals surface area contributed by atoms with Gasteiger partial charge in [-0.15, -0.1) is 24.0 Å². The zero-order valence-corrected chi connectivity index (χ0v) is 15.8. The minimum Gasteiger partial charge on any atom is -0.356 e. The van der Waals surface area contributed by atoms with E-state index in [-0.39, 0.29) is 29.9 Å². The van der Waals surface area contributed by atoms with Crippen molar-refractivity contribution >= 4 is 41.5 Å². The highest BCUT2D eigenvalue weighted by atomic mass is 127. The number of guanidine groups is 1. The van der Waals surface area contributed by atoms with Crippen LogP contribution in [0.15, 0.2) is 29.3 Å². The fraction of sp³-hybridized carbons (Fsp3) is 0.500. The molecule has 0 fully saturated rings. The maximum atomic E-state index is 11.6. The predicted molar refractivity (Wildman–Crippen MR) is 102 cm³/mol. The SMILES string of the molecule is CCNC(=NCCC(=O)N(C)C)N1CCc2ccccc21.I. The van der Waals surface area contributed by atoms with Gasteiger partial charge in [-0.05, 0) is 25.0 Å². The van der Waals surface area contributed by atoms with Gasteiger partial charge in [-0.25, -0.2) is 0 Å². The number of halogens is 1. The summed E-state index contributed by atoms with van der Waals surface area (Å²) in [7, 11) is 3.54. The van der Waals surface area contributed by atoms with E-state index in [1.165, 1.54) is 11.3 Å². The number of nitrogens with zero attached hydrogens (tertiary/aromatic N) is 3. The zero-order valence-electron chi connectivity index (χ0n) is 13.5. The first-order chi connectivity index (χ1) is 10.1. The largest absolute Gasteiger partial charge is 0.356 e. The van der Waals surface area contributed by atoms with Crippen molar-refractivity contribution in [1.29, 1.82) is 0 Å². The van der Waals surface area contributed by atoms with Crippen LogP contribution in [-0.2, 0) is 11.2 Å². The van der Waals surface area contributed by atoms with E-state index in [2.05, 4.69) is 46.4 Å². The van der Waals surface area contributed by atoms with Gasteiger partial charge in [0.25, 0.3) is 0 Å². The van der Waals surface area contributed by atoms with Crippen molar-refractivity contribution in [2.75, 3.05) is 38.6 Å². The van der Waals surface area contributed by atoms with E-state index >= 15 is 0 Å². The molecule has 1 N–H and O–H groups in total. The Morgan fingerprint density at radius 1 is 1.36 bits per heavy atom. The van der Waals surface area contributed by atoms with Gasteiger partial charge in [0.05, 0.1) is 6.54 Å².